The van der Waals surface area contributed by atoms with E-state index in [4.69, 9.17) is 16.3 Å². The number of benzene rings is 1. The Bertz CT molecular complexity index is 419. The highest BCUT2D eigenvalue weighted by molar-refractivity contribution is 6.32. The highest BCUT2D eigenvalue weighted by atomic mass is 35.5. The molecule has 0 bridgehead atoms. The minimum atomic E-state index is -0.712. The summed E-state index contributed by atoms with van der Waals surface area (Å²) in [6.07, 6.45) is 5.11. The van der Waals surface area contributed by atoms with Crippen LogP contribution in [0.1, 0.15) is 44.6 Å². The average Bonchev–Trinajstić information content (AvgIpc) is 2.39. The van der Waals surface area contributed by atoms with Gasteiger partial charge in [0.25, 0.3) is 0 Å². The predicted molar refractivity (Wildman–Crippen MR) is 74.1 cm³/mol. The van der Waals surface area contributed by atoms with E-state index in [2.05, 4.69) is 6.92 Å². The summed E-state index contributed by atoms with van der Waals surface area (Å²) in [5.41, 5.74) is 0.221. The summed E-state index contributed by atoms with van der Waals surface area (Å²) in [5, 5.41) is 11.4. The molecule has 2 atom stereocenters. The first kappa shape index (κ1) is 13.7. The Morgan fingerprint density at radius 1 is 1.50 bits per heavy atom. The topological polar surface area (TPSA) is 29.5 Å². The van der Waals surface area contributed by atoms with Crippen molar-refractivity contribution in [2.45, 2.75) is 44.6 Å². The monoisotopic (exact) mass is 268 g/mol. The number of halogens is 1. The molecule has 0 radical (unpaired) electrons. The molecule has 0 spiro atoms. The van der Waals surface area contributed by atoms with Crippen molar-refractivity contribution in [3.63, 3.8) is 0 Å². The van der Waals surface area contributed by atoms with Gasteiger partial charge in [-0.1, -0.05) is 37.4 Å². The minimum Gasteiger partial charge on any atom is -0.495 e. The molecule has 100 valence electrons. The van der Waals surface area contributed by atoms with Gasteiger partial charge < -0.3 is 9.84 Å². The number of hydrogen-bond donors (Lipinski definition) is 1. The summed E-state index contributed by atoms with van der Waals surface area (Å²) in [7, 11) is 1.60. The second-order valence-electron chi connectivity index (χ2n) is 5.25. The van der Waals surface area contributed by atoms with E-state index in [1.54, 1.807) is 7.11 Å². The molecule has 2 rings (SSSR count). The van der Waals surface area contributed by atoms with Crippen LogP contribution in [0, 0.1) is 5.92 Å². The van der Waals surface area contributed by atoms with Gasteiger partial charge in [-0.15, -0.1) is 0 Å². The normalized spacial score (nSPS) is 28.1. The molecule has 2 unspecified atom stereocenters. The third kappa shape index (κ3) is 2.65. The summed E-state index contributed by atoms with van der Waals surface area (Å²) < 4.78 is 5.23. The van der Waals surface area contributed by atoms with Gasteiger partial charge in [0.1, 0.15) is 5.75 Å². The zero-order valence-corrected chi connectivity index (χ0v) is 11.8. The van der Waals surface area contributed by atoms with Crippen molar-refractivity contribution in [3.8, 4) is 5.75 Å². The van der Waals surface area contributed by atoms with Gasteiger partial charge in [0.15, 0.2) is 0 Å². The number of methoxy groups -OCH3 is 1. The molecule has 2 nitrogen and oxygen atoms in total. The van der Waals surface area contributed by atoms with Crippen LogP contribution < -0.4 is 4.74 Å². The molecule has 0 amide bonds. The van der Waals surface area contributed by atoms with Crippen LogP contribution in [0.5, 0.6) is 5.75 Å². The molecule has 0 heterocycles. The summed E-state index contributed by atoms with van der Waals surface area (Å²) in [4.78, 5) is 0. The standard InChI is InChI=1S/C15H21ClO2/c1-3-11-5-4-8-15(17,10-11)12-6-7-13(16)14(9-12)18-2/h6-7,9,11,17H,3-5,8,10H2,1-2H3. The van der Waals surface area contributed by atoms with Gasteiger partial charge >= 0.3 is 0 Å². The number of hydrogen-bond acceptors (Lipinski definition) is 2. The van der Waals surface area contributed by atoms with Gasteiger partial charge in [0, 0.05) is 0 Å². The van der Waals surface area contributed by atoms with Gasteiger partial charge in [-0.25, -0.2) is 0 Å². The van der Waals surface area contributed by atoms with Crippen molar-refractivity contribution in [3.05, 3.63) is 28.8 Å². The fourth-order valence-corrected chi connectivity index (χ4v) is 3.12. The highest BCUT2D eigenvalue weighted by Crippen LogP contribution is 2.42. The Kier molecular flexibility index (Phi) is 4.18. The second kappa shape index (κ2) is 5.50. The Labute approximate surface area is 114 Å². The number of aliphatic hydroxyl groups is 1. The molecule has 0 aromatic heterocycles. The molecule has 3 heteroatoms. The fourth-order valence-electron chi connectivity index (χ4n) is 2.92. The van der Waals surface area contributed by atoms with Gasteiger partial charge in [-0.2, -0.15) is 0 Å². The Morgan fingerprint density at radius 2 is 2.28 bits per heavy atom. The van der Waals surface area contributed by atoms with Gasteiger partial charge in [-0.05, 0) is 42.9 Å². The van der Waals surface area contributed by atoms with E-state index in [1.165, 1.54) is 6.42 Å². The van der Waals surface area contributed by atoms with E-state index in [1.807, 2.05) is 18.2 Å². The van der Waals surface area contributed by atoms with E-state index in [-0.39, 0.29) is 0 Å². The van der Waals surface area contributed by atoms with Gasteiger partial charge in [0.05, 0.1) is 17.7 Å². The molecule has 1 aliphatic rings. The molecule has 1 N–H and O–H groups in total. The molecule has 1 aliphatic carbocycles. The lowest BCUT2D eigenvalue weighted by molar-refractivity contribution is -0.0218. The van der Waals surface area contributed by atoms with Crippen molar-refractivity contribution < 1.29 is 9.84 Å². The molecule has 1 fully saturated rings. The zero-order chi connectivity index (χ0) is 13.2. The maximum atomic E-state index is 10.9. The third-order valence-electron chi connectivity index (χ3n) is 4.09. The molecular formula is C15H21ClO2. The van der Waals surface area contributed by atoms with E-state index in [9.17, 15) is 5.11 Å². The van der Waals surface area contributed by atoms with E-state index < -0.39 is 5.60 Å². The minimum absolute atomic E-state index is 0.590. The van der Waals surface area contributed by atoms with Crippen LogP contribution in [0.25, 0.3) is 0 Å². The van der Waals surface area contributed by atoms with E-state index in [0.717, 1.165) is 31.2 Å². The SMILES string of the molecule is CCC1CCCC(O)(c2ccc(Cl)c(OC)c2)C1. The summed E-state index contributed by atoms with van der Waals surface area (Å²) >= 11 is 6.03. The van der Waals surface area contributed by atoms with E-state index in [0.29, 0.717) is 16.7 Å². The average molecular weight is 269 g/mol. The highest BCUT2D eigenvalue weighted by Gasteiger charge is 2.35. The Balaban J connectivity index is 2.28. The Morgan fingerprint density at radius 3 is 2.94 bits per heavy atom. The third-order valence-corrected chi connectivity index (χ3v) is 4.41. The zero-order valence-electron chi connectivity index (χ0n) is 11.1. The lowest BCUT2D eigenvalue weighted by atomic mass is 9.73. The van der Waals surface area contributed by atoms with Crippen LogP contribution in [0.4, 0.5) is 0 Å². The van der Waals surface area contributed by atoms with E-state index >= 15 is 0 Å². The maximum Gasteiger partial charge on any atom is 0.137 e. The predicted octanol–water partition coefficient (Wildman–Crippen LogP) is 4.14. The summed E-state index contributed by atoms with van der Waals surface area (Å²) in [6, 6.07) is 5.60. The molecule has 1 aromatic rings. The van der Waals surface area contributed by atoms with Gasteiger partial charge in [0.2, 0.25) is 0 Å². The number of rotatable bonds is 3. The van der Waals surface area contributed by atoms with Crippen molar-refractivity contribution in [2.75, 3.05) is 7.11 Å². The number of ether oxygens (including phenoxy) is 1. The van der Waals surface area contributed by atoms with Crippen molar-refractivity contribution in [1.29, 1.82) is 0 Å². The van der Waals surface area contributed by atoms with Gasteiger partial charge in [-0.3, -0.25) is 0 Å². The van der Waals surface area contributed by atoms with Crippen molar-refractivity contribution in [2.24, 2.45) is 5.92 Å². The lowest BCUT2D eigenvalue weighted by Gasteiger charge is -2.37. The van der Waals surface area contributed by atoms with Crippen LogP contribution in [-0.4, -0.2) is 12.2 Å². The second-order valence-corrected chi connectivity index (χ2v) is 5.66. The van der Waals surface area contributed by atoms with Crippen LogP contribution >= 0.6 is 11.6 Å². The molecule has 1 saturated carbocycles. The van der Waals surface area contributed by atoms with Crippen LogP contribution in [-0.2, 0) is 5.60 Å². The smallest absolute Gasteiger partial charge is 0.137 e. The molecule has 0 saturated heterocycles. The maximum absolute atomic E-state index is 10.9. The fraction of sp³-hybridized carbons (Fsp3) is 0.600. The molecule has 18 heavy (non-hydrogen) atoms. The first-order valence-corrected chi connectivity index (χ1v) is 7.03. The van der Waals surface area contributed by atoms with Crippen molar-refractivity contribution >= 4 is 11.6 Å². The first-order valence-electron chi connectivity index (χ1n) is 6.65. The first-order chi connectivity index (χ1) is 8.59. The summed E-state index contributed by atoms with van der Waals surface area (Å²) in [5.74, 6) is 1.26. The van der Waals surface area contributed by atoms with Crippen LogP contribution in [0.2, 0.25) is 5.02 Å². The molecule has 0 aliphatic heterocycles. The quantitative estimate of drug-likeness (QED) is 0.893. The molecular weight excluding hydrogens is 248 g/mol. The molecule has 1 aromatic carbocycles. The van der Waals surface area contributed by atoms with Crippen LogP contribution in [0.15, 0.2) is 18.2 Å². The van der Waals surface area contributed by atoms with Crippen LogP contribution in [0.3, 0.4) is 0 Å². The van der Waals surface area contributed by atoms with Crippen molar-refractivity contribution in [1.82, 2.24) is 0 Å². The lowest BCUT2D eigenvalue weighted by Crippen LogP contribution is -2.32. The largest absolute Gasteiger partial charge is 0.495 e. The summed E-state index contributed by atoms with van der Waals surface area (Å²) in [6.45, 7) is 2.19. The Hall–Kier alpha value is -0.730.